The van der Waals surface area contributed by atoms with Crippen molar-refractivity contribution in [2.45, 2.75) is 24.7 Å². The van der Waals surface area contributed by atoms with Crippen LogP contribution in [0.5, 0.6) is 5.06 Å². The standard InChI is InChI=1S/C26H17F6NOS2/c1-14-17(12-19(35-14)15-6-4-3-5-7-15)21-22(25(29,30)26(31,32)24(21,27)28)18-13-20(36-23(18)34-2)16-8-10-33-11-9-16/h3-13H,1-2H3. The molecule has 1 aliphatic rings. The maximum Gasteiger partial charge on any atom is 0.380 e. The molecule has 0 aliphatic heterocycles. The summed E-state index contributed by atoms with van der Waals surface area (Å²) in [5, 5.41) is -0.168. The van der Waals surface area contributed by atoms with E-state index in [1.807, 2.05) is 0 Å². The third kappa shape index (κ3) is 3.49. The van der Waals surface area contributed by atoms with Gasteiger partial charge in [0.2, 0.25) is 0 Å². The predicted octanol–water partition coefficient (Wildman–Crippen LogP) is 8.69. The molecule has 3 heterocycles. The Labute approximate surface area is 210 Å². The number of rotatable bonds is 5. The number of aryl methyl sites for hydroxylation is 1. The summed E-state index contributed by atoms with van der Waals surface area (Å²) in [5.74, 6) is -15.9. The van der Waals surface area contributed by atoms with Gasteiger partial charge in [0, 0.05) is 43.7 Å². The van der Waals surface area contributed by atoms with Gasteiger partial charge in [0.25, 0.3) is 0 Å². The second kappa shape index (κ2) is 8.48. The van der Waals surface area contributed by atoms with Crippen LogP contribution in [0.15, 0.2) is 67.0 Å². The third-order valence-corrected chi connectivity index (χ3v) is 8.27. The molecule has 0 fully saturated rings. The summed E-state index contributed by atoms with van der Waals surface area (Å²) in [7, 11) is 1.18. The van der Waals surface area contributed by atoms with Gasteiger partial charge >= 0.3 is 17.8 Å². The van der Waals surface area contributed by atoms with Crippen LogP contribution in [0.4, 0.5) is 26.3 Å². The van der Waals surface area contributed by atoms with Crippen LogP contribution in [-0.4, -0.2) is 29.9 Å². The Kier molecular flexibility index (Phi) is 5.79. The van der Waals surface area contributed by atoms with Crippen LogP contribution in [0.25, 0.3) is 32.0 Å². The Balaban J connectivity index is 1.80. The first-order chi connectivity index (χ1) is 17.0. The molecule has 0 N–H and O–H groups in total. The van der Waals surface area contributed by atoms with Crippen LogP contribution in [0.1, 0.15) is 16.0 Å². The second-order valence-corrected chi connectivity index (χ2v) is 10.4. The highest BCUT2D eigenvalue weighted by Gasteiger charge is 2.80. The van der Waals surface area contributed by atoms with Crippen LogP contribution in [0.2, 0.25) is 0 Å². The normalized spacial score (nSPS) is 18.0. The van der Waals surface area contributed by atoms with Crippen molar-refractivity contribution in [1.29, 1.82) is 0 Å². The molecule has 0 saturated carbocycles. The summed E-state index contributed by atoms with van der Waals surface area (Å²) in [4.78, 5) is 5.00. The lowest BCUT2D eigenvalue weighted by Crippen LogP contribution is -2.48. The third-order valence-electron chi connectivity index (χ3n) is 6.03. The van der Waals surface area contributed by atoms with Gasteiger partial charge in [-0.15, -0.1) is 11.3 Å². The van der Waals surface area contributed by atoms with Crippen LogP contribution < -0.4 is 4.74 Å². The number of allylic oxidation sites excluding steroid dienone is 2. The SMILES string of the molecule is COc1sc(-c2ccncc2)cc1C1=C(c2cc(-c3ccccc3)sc2C)C(F)(F)C(F)(F)C1(F)F. The molecule has 5 rings (SSSR count). The zero-order chi connectivity index (χ0) is 25.9. The number of methoxy groups -OCH3 is 1. The summed E-state index contributed by atoms with van der Waals surface area (Å²) in [6.07, 6.45) is 2.94. The van der Waals surface area contributed by atoms with E-state index in [0.29, 0.717) is 20.9 Å². The lowest BCUT2D eigenvalue weighted by atomic mass is 9.95. The predicted molar refractivity (Wildman–Crippen MR) is 130 cm³/mol. The average molecular weight is 538 g/mol. The molecule has 1 aliphatic carbocycles. The van der Waals surface area contributed by atoms with Gasteiger partial charge < -0.3 is 4.74 Å². The van der Waals surface area contributed by atoms with Gasteiger partial charge in [-0.3, -0.25) is 4.98 Å². The van der Waals surface area contributed by atoms with Gasteiger partial charge in [-0.2, -0.15) is 26.3 Å². The minimum absolute atomic E-state index is 0.168. The molecule has 0 unspecified atom stereocenters. The number of nitrogens with zero attached hydrogens (tertiary/aromatic N) is 1. The average Bonchev–Trinajstić information content (AvgIpc) is 3.48. The molecule has 0 amide bonds. The lowest BCUT2D eigenvalue weighted by Gasteiger charge is -2.25. The Morgan fingerprint density at radius 3 is 1.86 bits per heavy atom. The molecule has 186 valence electrons. The first-order valence-electron chi connectivity index (χ1n) is 10.6. The van der Waals surface area contributed by atoms with Crippen LogP contribution in [-0.2, 0) is 0 Å². The van der Waals surface area contributed by atoms with Crippen molar-refractivity contribution in [3.8, 4) is 25.9 Å². The maximum absolute atomic E-state index is 15.3. The van der Waals surface area contributed by atoms with E-state index in [4.69, 9.17) is 4.74 Å². The summed E-state index contributed by atoms with van der Waals surface area (Å²) >= 11 is 1.97. The highest BCUT2D eigenvalue weighted by molar-refractivity contribution is 7.17. The van der Waals surface area contributed by atoms with Gasteiger partial charge in [0.05, 0.1) is 7.11 Å². The van der Waals surface area contributed by atoms with Gasteiger partial charge in [-0.1, -0.05) is 41.7 Å². The van der Waals surface area contributed by atoms with E-state index < -0.39 is 34.5 Å². The van der Waals surface area contributed by atoms with E-state index in [1.54, 1.807) is 42.5 Å². The first-order valence-corrected chi connectivity index (χ1v) is 12.3. The molecule has 0 atom stereocenters. The van der Waals surface area contributed by atoms with Crippen LogP contribution in [0.3, 0.4) is 0 Å². The van der Waals surface area contributed by atoms with E-state index >= 15 is 17.6 Å². The molecule has 0 radical (unpaired) electrons. The molecule has 0 saturated heterocycles. The fraction of sp³-hybridized carbons (Fsp3) is 0.192. The number of hydrogen-bond donors (Lipinski definition) is 0. The van der Waals surface area contributed by atoms with Gasteiger partial charge in [0.15, 0.2) is 5.06 Å². The van der Waals surface area contributed by atoms with E-state index in [1.165, 1.54) is 38.6 Å². The summed E-state index contributed by atoms with van der Waals surface area (Å²) in [6, 6.07) is 14.3. The molecule has 3 aromatic heterocycles. The van der Waals surface area contributed by atoms with Crippen molar-refractivity contribution in [3.05, 3.63) is 83.0 Å². The number of aromatic nitrogens is 1. The largest absolute Gasteiger partial charge is 0.487 e. The van der Waals surface area contributed by atoms with Crippen molar-refractivity contribution in [2.75, 3.05) is 7.11 Å². The summed E-state index contributed by atoms with van der Waals surface area (Å²) in [5.41, 5.74) is -2.42. The Bertz CT molecular complexity index is 1460. The van der Waals surface area contributed by atoms with Gasteiger partial charge in [-0.25, -0.2) is 0 Å². The van der Waals surface area contributed by atoms with Crippen molar-refractivity contribution in [2.24, 2.45) is 0 Å². The number of ether oxygens (including phenoxy) is 1. The highest BCUT2D eigenvalue weighted by Crippen LogP contribution is 2.66. The molecule has 4 aromatic rings. The minimum atomic E-state index is -5.64. The fourth-order valence-electron chi connectivity index (χ4n) is 4.27. The Morgan fingerprint density at radius 2 is 1.25 bits per heavy atom. The smallest absolute Gasteiger partial charge is 0.380 e. The zero-order valence-corrected chi connectivity index (χ0v) is 20.4. The van der Waals surface area contributed by atoms with Gasteiger partial charge in [-0.05, 0) is 47.9 Å². The van der Waals surface area contributed by atoms with Gasteiger partial charge in [0.1, 0.15) is 0 Å². The monoisotopic (exact) mass is 537 g/mol. The summed E-state index contributed by atoms with van der Waals surface area (Å²) in [6.45, 7) is 1.45. The van der Waals surface area contributed by atoms with Crippen LogP contribution in [0, 0.1) is 6.92 Å². The van der Waals surface area contributed by atoms with E-state index in [-0.39, 0.29) is 15.5 Å². The minimum Gasteiger partial charge on any atom is -0.487 e. The molecular weight excluding hydrogens is 520 g/mol. The molecule has 36 heavy (non-hydrogen) atoms. The Morgan fingerprint density at radius 1 is 0.722 bits per heavy atom. The molecule has 10 heteroatoms. The lowest BCUT2D eigenvalue weighted by molar-refractivity contribution is -0.254. The quantitative estimate of drug-likeness (QED) is 0.238. The number of hydrogen-bond acceptors (Lipinski definition) is 4. The first kappa shape index (κ1) is 24.6. The van der Waals surface area contributed by atoms with Crippen LogP contribution >= 0.6 is 22.7 Å². The molecular formula is C26H17F6NOS2. The van der Waals surface area contributed by atoms with E-state index in [9.17, 15) is 8.78 Å². The van der Waals surface area contributed by atoms with E-state index in [2.05, 4.69) is 4.98 Å². The highest BCUT2D eigenvalue weighted by atomic mass is 32.1. The molecule has 0 spiro atoms. The fourth-order valence-corrected chi connectivity index (χ4v) is 6.28. The number of halogens is 6. The maximum atomic E-state index is 15.3. The zero-order valence-electron chi connectivity index (χ0n) is 18.8. The number of pyridine rings is 1. The van der Waals surface area contributed by atoms with Crippen molar-refractivity contribution in [3.63, 3.8) is 0 Å². The second-order valence-electron chi connectivity index (χ2n) is 8.17. The molecule has 0 bridgehead atoms. The number of alkyl halides is 6. The van der Waals surface area contributed by atoms with Crippen molar-refractivity contribution < 1.29 is 31.1 Å². The molecule has 2 nitrogen and oxygen atoms in total. The Hall–Kier alpha value is -3.11. The van der Waals surface area contributed by atoms with E-state index in [0.717, 1.165) is 22.7 Å². The number of thiophene rings is 2. The molecule has 1 aromatic carbocycles. The van der Waals surface area contributed by atoms with Crippen molar-refractivity contribution in [1.82, 2.24) is 4.98 Å². The van der Waals surface area contributed by atoms with Crippen molar-refractivity contribution >= 4 is 33.8 Å². The number of benzene rings is 1. The topological polar surface area (TPSA) is 22.1 Å². The summed E-state index contributed by atoms with van der Waals surface area (Å²) < 4.78 is 96.2.